The third-order valence-corrected chi connectivity index (χ3v) is 4.00. The zero-order chi connectivity index (χ0) is 13.4. The molecule has 2 heterocycles. The van der Waals surface area contributed by atoms with E-state index in [2.05, 4.69) is 5.32 Å². The number of benzene rings is 1. The van der Waals surface area contributed by atoms with Gasteiger partial charge in [0.05, 0.1) is 11.0 Å². The first kappa shape index (κ1) is 12.3. The lowest BCUT2D eigenvalue weighted by Crippen LogP contribution is -2.35. The molecule has 0 aliphatic carbocycles. The number of nitrogens with one attached hydrogen (secondary N) is 1. The van der Waals surface area contributed by atoms with Gasteiger partial charge in [0.15, 0.2) is 0 Å². The number of nitro groups is 1. The van der Waals surface area contributed by atoms with Crippen molar-refractivity contribution in [3.8, 4) is 0 Å². The number of hydrogen-bond acceptors (Lipinski definition) is 4. The summed E-state index contributed by atoms with van der Waals surface area (Å²) < 4.78 is 13.2. The van der Waals surface area contributed by atoms with Crippen LogP contribution in [0.3, 0.4) is 0 Å². The predicted molar refractivity (Wildman–Crippen MR) is 69.8 cm³/mol. The summed E-state index contributed by atoms with van der Waals surface area (Å²) in [6, 6.07) is 4.73. The minimum absolute atomic E-state index is 0.141. The van der Waals surface area contributed by atoms with E-state index < -0.39 is 10.7 Å². The Morgan fingerprint density at radius 1 is 1.32 bits per heavy atom. The highest BCUT2D eigenvalue weighted by Gasteiger charge is 2.31. The van der Waals surface area contributed by atoms with E-state index >= 15 is 0 Å². The largest absolute Gasteiger partial charge is 0.364 e. The molecule has 1 aromatic carbocycles. The second-order valence-electron chi connectivity index (χ2n) is 5.26. The van der Waals surface area contributed by atoms with Crippen molar-refractivity contribution < 1.29 is 9.31 Å². The number of anilines is 1. The first-order valence-electron chi connectivity index (χ1n) is 6.58. The van der Waals surface area contributed by atoms with E-state index in [9.17, 15) is 14.5 Å². The zero-order valence-electron chi connectivity index (χ0n) is 10.5. The van der Waals surface area contributed by atoms with E-state index in [0.29, 0.717) is 17.8 Å². The molecule has 0 saturated carbocycles. The van der Waals surface area contributed by atoms with Gasteiger partial charge in [-0.15, -0.1) is 0 Å². The Morgan fingerprint density at radius 2 is 2.11 bits per heavy atom. The van der Waals surface area contributed by atoms with Crippen LogP contribution >= 0.6 is 0 Å². The van der Waals surface area contributed by atoms with E-state index in [-0.39, 0.29) is 5.69 Å². The van der Waals surface area contributed by atoms with Gasteiger partial charge in [0.1, 0.15) is 11.5 Å². The fourth-order valence-corrected chi connectivity index (χ4v) is 3.07. The lowest BCUT2D eigenvalue weighted by molar-refractivity contribution is -0.384. The standard InChI is InChI=1S/C13H16FN3O2/c14-9-1-4-12(13(7-9)17(18)19)16-6-5-10-2-3-11(8-16)15-10/h1,4,7,10-11,15H,2-3,5-6,8H2. The van der Waals surface area contributed by atoms with E-state index in [4.69, 9.17) is 0 Å². The molecule has 0 aromatic heterocycles. The molecule has 2 aliphatic rings. The average Bonchev–Trinajstić information content (AvgIpc) is 2.69. The fraction of sp³-hybridized carbons (Fsp3) is 0.538. The van der Waals surface area contributed by atoms with E-state index in [1.165, 1.54) is 18.6 Å². The van der Waals surface area contributed by atoms with Crippen LogP contribution in [0, 0.1) is 15.9 Å². The van der Waals surface area contributed by atoms with Crippen molar-refractivity contribution in [3.05, 3.63) is 34.1 Å². The molecule has 3 rings (SSSR count). The molecule has 2 saturated heterocycles. The maximum absolute atomic E-state index is 13.2. The zero-order valence-corrected chi connectivity index (χ0v) is 10.5. The Kier molecular flexibility index (Phi) is 3.10. The van der Waals surface area contributed by atoms with Crippen molar-refractivity contribution in [2.75, 3.05) is 18.0 Å². The summed E-state index contributed by atoms with van der Waals surface area (Å²) in [5.74, 6) is -0.565. The molecule has 102 valence electrons. The summed E-state index contributed by atoms with van der Waals surface area (Å²) in [5.41, 5.74) is 0.388. The van der Waals surface area contributed by atoms with Gasteiger partial charge in [-0.3, -0.25) is 10.1 Å². The molecule has 1 aromatic rings. The molecular weight excluding hydrogens is 249 g/mol. The first-order valence-corrected chi connectivity index (χ1v) is 6.58. The number of halogens is 1. The molecule has 2 fully saturated rings. The van der Waals surface area contributed by atoms with Crippen LogP contribution in [0.25, 0.3) is 0 Å². The molecule has 2 aliphatic heterocycles. The third kappa shape index (κ3) is 2.40. The Hall–Kier alpha value is -1.69. The number of fused-ring (bicyclic) bond motifs is 2. The van der Waals surface area contributed by atoms with Crippen LogP contribution < -0.4 is 10.2 Å². The molecule has 0 amide bonds. The Bertz CT molecular complexity index is 509. The van der Waals surface area contributed by atoms with Crippen LogP contribution in [0.4, 0.5) is 15.8 Å². The van der Waals surface area contributed by atoms with Gasteiger partial charge in [-0.05, 0) is 31.4 Å². The molecule has 2 unspecified atom stereocenters. The van der Waals surface area contributed by atoms with Gasteiger partial charge in [-0.2, -0.15) is 0 Å². The number of hydrogen-bond donors (Lipinski definition) is 1. The number of rotatable bonds is 2. The summed E-state index contributed by atoms with van der Waals surface area (Å²) in [6.45, 7) is 1.53. The van der Waals surface area contributed by atoms with Crippen molar-refractivity contribution in [1.29, 1.82) is 0 Å². The highest BCUT2D eigenvalue weighted by molar-refractivity contribution is 5.63. The van der Waals surface area contributed by atoms with Crippen LogP contribution in [0.5, 0.6) is 0 Å². The number of nitrogens with zero attached hydrogens (tertiary/aromatic N) is 2. The van der Waals surface area contributed by atoms with E-state index in [1.807, 2.05) is 4.90 Å². The average molecular weight is 265 g/mol. The van der Waals surface area contributed by atoms with E-state index in [0.717, 1.165) is 32.0 Å². The van der Waals surface area contributed by atoms with Crippen LogP contribution in [0.1, 0.15) is 19.3 Å². The molecule has 0 spiro atoms. The fourth-order valence-electron chi connectivity index (χ4n) is 3.07. The predicted octanol–water partition coefficient (Wildman–Crippen LogP) is 2.06. The van der Waals surface area contributed by atoms with E-state index in [1.54, 1.807) is 0 Å². The summed E-state index contributed by atoms with van der Waals surface area (Å²) >= 11 is 0. The van der Waals surface area contributed by atoms with Crippen molar-refractivity contribution >= 4 is 11.4 Å². The maximum atomic E-state index is 13.2. The van der Waals surface area contributed by atoms with Crippen molar-refractivity contribution in [2.45, 2.75) is 31.3 Å². The highest BCUT2D eigenvalue weighted by Crippen LogP contribution is 2.32. The van der Waals surface area contributed by atoms with Gasteiger partial charge in [0.2, 0.25) is 0 Å². The molecule has 0 radical (unpaired) electrons. The molecule has 2 atom stereocenters. The van der Waals surface area contributed by atoms with Gasteiger partial charge in [-0.1, -0.05) is 0 Å². The minimum Gasteiger partial charge on any atom is -0.364 e. The third-order valence-electron chi connectivity index (χ3n) is 4.00. The second kappa shape index (κ2) is 4.77. The molecular formula is C13H16FN3O2. The summed E-state index contributed by atoms with van der Waals surface area (Å²) in [4.78, 5) is 12.6. The summed E-state index contributed by atoms with van der Waals surface area (Å²) in [5, 5.41) is 14.6. The highest BCUT2D eigenvalue weighted by atomic mass is 19.1. The van der Waals surface area contributed by atoms with Gasteiger partial charge in [0, 0.05) is 25.2 Å². The van der Waals surface area contributed by atoms with Gasteiger partial charge >= 0.3 is 0 Å². The quantitative estimate of drug-likeness (QED) is 0.657. The molecule has 1 N–H and O–H groups in total. The van der Waals surface area contributed by atoms with Crippen molar-refractivity contribution in [1.82, 2.24) is 5.32 Å². The lowest BCUT2D eigenvalue weighted by Gasteiger charge is -2.26. The maximum Gasteiger partial charge on any atom is 0.295 e. The molecule has 5 nitrogen and oxygen atoms in total. The SMILES string of the molecule is O=[N+]([O-])c1cc(F)ccc1N1CCC2CCC(C1)N2. The molecule has 19 heavy (non-hydrogen) atoms. The van der Waals surface area contributed by atoms with Gasteiger partial charge < -0.3 is 10.2 Å². The van der Waals surface area contributed by atoms with Gasteiger partial charge in [-0.25, -0.2) is 4.39 Å². The van der Waals surface area contributed by atoms with Crippen LogP contribution in [-0.2, 0) is 0 Å². The minimum atomic E-state index is -0.565. The van der Waals surface area contributed by atoms with Crippen molar-refractivity contribution in [2.24, 2.45) is 0 Å². The summed E-state index contributed by atoms with van der Waals surface area (Å²) in [7, 11) is 0. The number of nitro benzene ring substituents is 1. The molecule has 6 heteroatoms. The van der Waals surface area contributed by atoms with Crippen LogP contribution in [-0.4, -0.2) is 30.1 Å². The van der Waals surface area contributed by atoms with Crippen LogP contribution in [0.15, 0.2) is 18.2 Å². The van der Waals surface area contributed by atoms with Crippen LogP contribution in [0.2, 0.25) is 0 Å². The Morgan fingerprint density at radius 3 is 2.89 bits per heavy atom. The first-order chi connectivity index (χ1) is 9.13. The second-order valence-corrected chi connectivity index (χ2v) is 5.26. The van der Waals surface area contributed by atoms with Crippen molar-refractivity contribution in [3.63, 3.8) is 0 Å². The van der Waals surface area contributed by atoms with Gasteiger partial charge in [0.25, 0.3) is 5.69 Å². The normalized spacial score (nSPS) is 26.3. The summed E-state index contributed by atoms with van der Waals surface area (Å²) in [6.07, 6.45) is 3.27. The lowest BCUT2D eigenvalue weighted by atomic mass is 10.1. The monoisotopic (exact) mass is 265 g/mol. The Labute approximate surface area is 110 Å². The Balaban J connectivity index is 1.91. The smallest absolute Gasteiger partial charge is 0.295 e. The topological polar surface area (TPSA) is 58.4 Å². The molecule has 2 bridgehead atoms.